The van der Waals surface area contributed by atoms with Gasteiger partial charge >= 0.3 is 5.97 Å². The van der Waals surface area contributed by atoms with Crippen LogP contribution in [-0.2, 0) is 9.53 Å². The average molecular weight is 239 g/mol. The Labute approximate surface area is 104 Å². The minimum absolute atomic E-state index is 0.0464. The summed E-state index contributed by atoms with van der Waals surface area (Å²) in [6, 6.07) is 0. The molecule has 2 saturated carbocycles. The van der Waals surface area contributed by atoms with E-state index in [0.29, 0.717) is 17.9 Å². The van der Waals surface area contributed by atoms with Crippen molar-refractivity contribution in [2.24, 2.45) is 22.5 Å². The van der Waals surface area contributed by atoms with Crippen LogP contribution in [0.2, 0.25) is 0 Å². The lowest BCUT2D eigenvalue weighted by atomic mass is 9.71. The Hall–Kier alpha value is -0.570. The summed E-state index contributed by atoms with van der Waals surface area (Å²) >= 11 is 0. The molecule has 0 aromatic heterocycles. The highest BCUT2D eigenvalue weighted by molar-refractivity contribution is 5.80. The zero-order valence-electron chi connectivity index (χ0n) is 11.3. The molecule has 0 saturated heterocycles. The fourth-order valence-electron chi connectivity index (χ4n) is 3.27. The van der Waals surface area contributed by atoms with E-state index in [9.17, 15) is 4.79 Å². The molecular formula is C14H25NO2. The number of ether oxygens (including phenoxy) is 1. The van der Waals surface area contributed by atoms with Crippen molar-refractivity contribution >= 4 is 5.97 Å². The van der Waals surface area contributed by atoms with E-state index < -0.39 is 0 Å². The van der Waals surface area contributed by atoms with E-state index in [-0.39, 0.29) is 17.5 Å². The Balaban J connectivity index is 1.93. The molecule has 98 valence electrons. The molecule has 0 aliphatic heterocycles. The molecule has 0 spiro atoms. The van der Waals surface area contributed by atoms with Crippen LogP contribution < -0.4 is 5.73 Å². The van der Waals surface area contributed by atoms with Crippen molar-refractivity contribution in [2.45, 2.75) is 59.0 Å². The van der Waals surface area contributed by atoms with Gasteiger partial charge < -0.3 is 10.5 Å². The zero-order chi connectivity index (χ0) is 12.7. The quantitative estimate of drug-likeness (QED) is 0.770. The molecule has 0 bridgehead atoms. The van der Waals surface area contributed by atoms with Crippen LogP contribution in [0.15, 0.2) is 0 Å². The first-order valence-corrected chi connectivity index (χ1v) is 6.78. The van der Waals surface area contributed by atoms with E-state index in [4.69, 9.17) is 10.5 Å². The molecule has 2 fully saturated rings. The Kier molecular flexibility index (Phi) is 3.23. The number of hydrogen-bond donors (Lipinski definition) is 1. The molecule has 3 nitrogen and oxygen atoms in total. The summed E-state index contributed by atoms with van der Waals surface area (Å²) < 4.78 is 5.70. The molecule has 17 heavy (non-hydrogen) atoms. The molecule has 0 aromatic carbocycles. The Bertz CT molecular complexity index is 307. The third-order valence-corrected chi connectivity index (χ3v) is 4.30. The first-order chi connectivity index (χ1) is 7.87. The van der Waals surface area contributed by atoms with Gasteiger partial charge in [0.15, 0.2) is 0 Å². The van der Waals surface area contributed by atoms with Crippen LogP contribution >= 0.6 is 0 Å². The van der Waals surface area contributed by atoms with Gasteiger partial charge in [-0.1, -0.05) is 20.8 Å². The second kappa shape index (κ2) is 4.27. The molecule has 2 atom stereocenters. The summed E-state index contributed by atoms with van der Waals surface area (Å²) in [6.07, 6.45) is 5.15. The Morgan fingerprint density at radius 2 is 2.00 bits per heavy atom. The van der Waals surface area contributed by atoms with Gasteiger partial charge in [-0.2, -0.15) is 0 Å². The van der Waals surface area contributed by atoms with Gasteiger partial charge in [0, 0.05) is 6.54 Å². The van der Waals surface area contributed by atoms with Crippen LogP contribution in [0.3, 0.4) is 0 Å². The molecule has 2 aliphatic carbocycles. The van der Waals surface area contributed by atoms with Gasteiger partial charge in [-0.15, -0.1) is 0 Å². The predicted molar refractivity (Wildman–Crippen MR) is 67.4 cm³/mol. The largest absolute Gasteiger partial charge is 0.462 e. The standard InChI is InChI=1S/C14H25NO2/c1-10-6-11(8-13(2,3)7-10)17-12(16)14(9-15)4-5-14/h10-11H,4-9,15H2,1-3H3. The molecule has 2 unspecified atom stereocenters. The zero-order valence-corrected chi connectivity index (χ0v) is 11.3. The van der Waals surface area contributed by atoms with Crippen LogP contribution in [0.1, 0.15) is 52.9 Å². The lowest BCUT2D eigenvalue weighted by Crippen LogP contribution is -2.37. The summed E-state index contributed by atoms with van der Waals surface area (Å²) in [4.78, 5) is 12.0. The summed E-state index contributed by atoms with van der Waals surface area (Å²) in [5.74, 6) is 0.597. The van der Waals surface area contributed by atoms with Gasteiger partial charge in [-0.3, -0.25) is 4.79 Å². The van der Waals surface area contributed by atoms with Gasteiger partial charge in [0.2, 0.25) is 0 Å². The van der Waals surface area contributed by atoms with Crippen LogP contribution in [0, 0.1) is 16.7 Å². The van der Waals surface area contributed by atoms with Crippen molar-refractivity contribution in [3.8, 4) is 0 Å². The Morgan fingerprint density at radius 1 is 1.35 bits per heavy atom. The van der Waals surface area contributed by atoms with Crippen LogP contribution in [0.4, 0.5) is 0 Å². The second-order valence-corrected chi connectivity index (χ2v) is 6.93. The van der Waals surface area contributed by atoms with Crippen LogP contribution in [0.25, 0.3) is 0 Å². The van der Waals surface area contributed by atoms with E-state index in [0.717, 1.165) is 25.7 Å². The van der Waals surface area contributed by atoms with E-state index in [2.05, 4.69) is 20.8 Å². The third-order valence-electron chi connectivity index (χ3n) is 4.30. The van der Waals surface area contributed by atoms with Crippen molar-refractivity contribution in [1.29, 1.82) is 0 Å². The maximum Gasteiger partial charge on any atom is 0.313 e. The number of nitrogens with two attached hydrogens (primary N) is 1. The first-order valence-electron chi connectivity index (χ1n) is 6.78. The van der Waals surface area contributed by atoms with Gasteiger partial charge in [-0.25, -0.2) is 0 Å². The number of rotatable bonds is 3. The van der Waals surface area contributed by atoms with Crippen molar-refractivity contribution in [3.05, 3.63) is 0 Å². The smallest absolute Gasteiger partial charge is 0.313 e. The monoisotopic (exact) mass is 239 g/mol. The van der Waals surface area contributed by atoms with Crippen LogP contribution in [-0.4, -0.2) is 18.6 Å². The fraction of sp³-hybridized carbons (Fsp3) is 0.929. The summed E-state index contributed by atoms with van der Waals surface area (Å²) in [6.45, 7) is 7.22. The number of carbonyl (C=O) groups is 1. The highest BCUT2D eigenvalue weighted by Crippen LogP contribution is 2.47. The van der Waals surface area contributed by atoms with Gasteiger partial charge in [0.05, 0.1) is 5.41 Å². The second-order valence-electron chi connectivity index (χ2n) is 6.93. The maximum absolute atomic E-state index is 12.0. The molecule has 0 radical (unpaired) electrons. The van der Waals surface area contributed by atoms with Crippen molar-refractivity contribution in [2.75, 3.05) is 6.54 Å². The number of esters is 1. The minimum Gasteiger partial charge on any atom is -0.462 e. The summed E-state index contributed by atoms with van der Waals surface area (Å²) in [7, 11) is 0. The highest BCUT2D eigenvalue weighted by Gasteiger charge is 2.51. The van der Waals surface area contributed by atoms with E-state index in [1.54, 1.807) is 0 Å². The van der Waals surface area contributed by atoms with E-state index >= 15 is 0 Å². The molecular weight excluding hydrogens is 214 g/mol. The Morgan fingerprint density at radius 3 is 2.47 bits per heavy atom. The molecule has 0 aromatic rings. The minimum atomic E-state index is -0.315. The summed E-state index contributed by atoms with van der Waals surface area (Å²) in [5, 5.41) is 0. The first kappa shape index (κ1) is 12.9. The molecule has 0 amide bonds. The van der Waals surface area contributed by atoms with Gasteiger partial charge in [0.25, 0.3) is 0 Å². The fourth-order valence-corrected chi connectivity index (χ4v) is 3.27. The number of hydrogen-bond acceptors (Lipinski definition) is 3. The van der Waals surface area contributed by atoms with E-state index in [1.165, 1.54) is 6.42 Å². The normalized spacial score (nSPS) is 34.1. The summed E-state index contributed by atoms with van der Waals surface area (Å²) in [5.41, 5.74) is 5.63. The molecule has 3 heteroatoms. The van der Waals surface area contributed by atoms with Crippen molar-refractivity contribution in [3.63, 3.8) is 0 Å². The van der Waals surface area contributed by atoms with Crippen LogP contribution in [0.5, 0.6) is 0 Å². The third kappa shape index (κ3) is 2.82. The predicted octanol–water partition coefficient (Wildman–Crippen LogP) is 2.48. The van der Waals surface area contributed by atoms with Gasteiger partial charge in [0.1, 0.15) is 6.10 Å². The van der Waals surface area contributed by atoms with Crippen molar-refractivity contribution in [1.82, 2.24) is 0 Å². The van der Waals surface area contributed by atoms with E-state index in [1.807, 2.05) is 0 Å². The average Bonchev–Trinajstić information content (AvgIpc) is 2.94. The maximum atomic E-state index is 12.0. The molecule has 0 heterocycles. The van der Waals surface area contributed by atoms with Crippen molar-refractivity contribution < 1.29 is 9.53 Å². The number of carbonyl (C=O) groups excluding carboxylic acids is 1. The lowest BCUT2D eigenvalue weighted by molar-refractivity contribution is -0.159. The SMILES string of the molecule is CC1CC(OC(=O)C2(CN)CC2)CC(C)(C)C1. The van der Waals surface area contributed by atoms with Gasteiger partial charge in [-0.05, 0) is 43.4 Å². The highest BCUT2D eigenvalue weighted by atomic mass is 16.5. The molecule has 2 rings (SSSR count). The lowest BCUT2D eigenvalue weighted by Gasteiger charge is -2.38. The molecule has 2 N–H and O–H groups in total. The molecule has 2 aliphatic rings. The topological polar surface area (TPSA) is 52.3 Å².